The third kappa shape index (κ3) is 3.14. The molecule has 1 fully saturated rings. The number of esters is 1. The van der Waals surface area contributed by atoms with Crippen LogP contribution in [0.4, 0.5) is 11.4 Å². The molecule has 1 aliphatic rings. The summed E-state index contributed by atoms with van der Waals surface area (Å²) in [5.74, 6) is -0.430. The van der Waals surface area contributed by atoms with E-state index in [0.29, 0.717) is 6.61 Å². The van der Waals surface area contributed by atoms with Crippen molar-refractivity contribution in [1.29, 1.82) is 0 Å². The van der Waals surface area contributed by atoms with Gasteiger partial charge >= 0.3 is 5.97 Å². The first-order chi connectivity index (χ1) is 9.61. The van der Waals surface area contributed by atoms with Gasteiger partial charge in [0.15, 0.2) is 0 Å². The Bertz CT molecular complexity index is 512. The minimum atomic E-state index is -0.430. The molecule has 1 heterocycles. The second-order valence-electron chi connectivity index (χ2n) is 4.60. The van der Waals surface area contributed by atoms with Crippen LogP contribution in [0.5, 0.6) is 0 Å². The summed E-state index contributed by atoms with van der Waals surface area (Å²) in [5, 5.41) is 10.6. The maximum absolute atomic E-state index is 11.1. The summed E-state index contributed by atoms with van der Waals surface area (Å²) in [5.41, 5.74) is 0.982. The molecule has 1 atom stereocenters. The van der Waals surface area contributed by atoms with Gasteiger partial charge < -0.3 is 9.64 Å². The van der Waals surface area contributed by atoms with E-state index in [9.17, 15) is 14.9 Å². The number of hydrogen-bond donors (Lipinski definition) is 0. The monoisotopic (exact) mass is 276 g/mol. The number of nitro benzene ring substituents is 1. The predicted octanol–water partition coefficient (Wildman–Crippen LogP) is 2.29. The van der Waals surface area contributed by atoms with Gasteiger partial charge in [0.2, 0.25) is 0 Å². The Morgan fingerprint density at radius 3 is 2.80 bits per heavy atom. The minimum absolute atomic E-state index is 0.0718. The molecule has 0 aliphatic carbocycles. The van der Waals surface area contributed by atoms with Crippen molar-refractivity contribution in [2.75, 3.05) is 18.1 Å². The lowest BCUT2D eigenvalue weighted by molar-refractivity contribution is -0.384. The van der Waals surface area contributed by atoms with Crippen LogP contribution in [0.1, 0.15) is 12.8 Å². The normalized spacial score (nSPS) is 17.8. The van der Waals surface area contributed by atoms with Crippen LogP contribution in [0, 0.1) is 10.1 Å². The van der Waals surface area contributed by atoms with Crippen molar-refractivity contribution in [3.05, 3.63) is 47.0 Å². The molecule has 0 amide bonds. The third-order valence-corrected chi connectivity index (χ3v) is 3.35. The quantitative estimate of drug-likeness (QED) is 0.357. The van der Waals surface area contributed by atoms with E-state index in [4.69, 9.17) is 4.74 Å². The fourth-order valence-electron chi connectivity index (χ4n) is 2.35. The van der Waals surface area contributed by atoms with Gasteiger partial charge in [-0.25, -0.2) is 4.79 Å². The number of carbonyl (C=O) groups is 1. The van der Waals surface area contributed by atoms with Gasteiger partial charge in [0.1, 0.15) is 6.61 Å². The summed E-state index contributed by atoms with van der Waals surface area (Å²) in [6.07, 6.45) is 3.08. The molecule has 0 aromatic heterocycles. The Labute approximate surface area is 116 Å². The first-order valence-electron chi connectivity index (χ1n) is 6.42. The minimum Gasteiger partial charge on any atom is -0.460 e. The molecule has 106 valence electrons. The molecular weight excluding hydrogens is 260 g/mol. The van der Waals surface area contributed by atoms with E-state index in [-0.39, 0.29) is 11.7 Å². The summed E-state index contributed by atoms with van der Waals surface area (Å²) >= 11 is 0. The Morgan fingerprint density at radius 2 is 2.20 bits per heavy atom. The zero-order chi connectivity index (χ0) is 14.5. The van der Waals surface area contributed by atoms with Crippen molar-refractivity contribution >= 4 is 17.3 Å². The summed E-state index contributed by atoms with van der Waals surface area (Å²) in [4.78, 5) is 23.4. The molecule has 1 aromatic carbocycles. The summed E-state index contributed by atoms with van der Waals surface area (Å²) in [6.45, 7) is 4.52. The number of nitrogens with zero attached hydrogens (tertiary/aromatic N) is 2. The Balaban J connectivity index is 2.04. The summed E-state index contributed by atoms with van der Waals surface area (Å²) in [6, 6.07) is 6.54. The van der Waals surface area contributed by atoms with E-state index < -0.39 is 10.9 Å². The molecule has 1 aliphatic heterocycles. The Morgan fingerprint density at radius 1 is 1.50 bits per heavy atom. The predicted molar refractivity (Wildman–Crippen MR) is 74.6 cm³/mol. The van der Waals surface area contributed by atoms with E-state index in [1.807, 2.05) is 0 Å². The molecule has 6 heteroatoms. The van der Waals surface area contributed by atoms with E-state index in [1.54, 1.807) is 12.1 Å². The Kier molecular flexibility index (Phi) is 4.34. The number of hydrogen-bond acceptors (Lipinski definition) is 5. The molecule has 0 radical (unpaired) electrons. The SMILES string of the molecule is C=CC(=O)OCC1CCCN1c1ccc([N+](=O)[O-])cc1. The summed E-state index contributed by atoms with van der Waals surface area (Å²) in [7, 11) is 0. The maximum Gasteiger partial charge on any atom is 0.330 e. The van der Waals surface area contributed by atoms with Crippen LogP contribution < -0.4 is 4.90 Å². The molecule has 0 spiro atoms. The van der Waals surface area contributed by atoms with Crippen molar-refractivity contribution < 1.29 is 14.5 Å². The number of ether oxygens (including phenoxy) is 1. The molecule has 0 saturated carbocycles. The lowest BCUT2D eigenvalue weighted by atomic mass is 10.2. The molecular formula is C14H16N2O4. The van der Waals surface area contributed by atoms with Crippen molar-refractivity contribution in [3.63, 3.8) is 0 Å². The second kappa shape index (κ2) is 6.18. The van der Waals surface area contributed by atoms with Gasteiger partial charge in [0, 0.05) is 30.4 Å². The average Bonchev–Trinajstić information content (AvgIpc) is 2.93. The van der Waals surface area contributed by atoms with Crippen molar-refractivity contribution in [1.82, 2.24) is 0 Å². The number of non-ortho nitro benzene ring substituents is 1. The number of rotatable bonds is 5. The molecule has 1 unspecified atom stereocenters. The van der Waals surface area contributed by atoms with Crippen molar-refractivity contribution in [2.45, 2.75) is 18.9 Å². The molecule has 2 rings (SSSR count). The highest BCUT2D eigenvalue weighted by Crippen LogP contribution is 2.27. The highest BCUT2D eigenvalue weighted by molar-refractivity contribution is 5.81. The van der Waals surface area contributed by atoms with Gasteiger partial charge in [0.05, 0.1) is 11.0 Å². The van der Waals surface area contributed by atoms with Crippen LogP contribution >= 0.6 is 0 Å². The van der Waals surface area contributed by atoms with Crippen LogP contribution in [-0.2, 0) is 9.53 Å². The molecule has 0 bridgehead atoms. The van der Waals surface area contributed by atoms with Crippen molar-refractivity contribution in [2.24, 2.45) is 0 Å². The van der Waals surface area contributed by atoms with Gasteiger partial charge in [-0.1, -0.05) is 6.58 Å². The van der Waals surface area contributed by atoms with Gasteiger partial charge in [-0.2, -0.15) is 0 Å². The number of benzene rings is 1. The first-order valence-corrected chi connectivity index (χ1v) is 6.42. The first kappa shape index (κ1) is 14.0. The Hall–Kier alpha value is -2.37. The van der Waals surface area contributed by atoms with Gasteiger partial charge in [-0.3, -0.25) is 10.1 Å². The molecule has 1 saturated heterocycles. The van der Waals surface area contributed by atoms with E-state index in [0.717, 1.165) is 31.1 Å². The highest BCUT2D eigenvalue weighted by Gasteiger charge is 2.26. The van der Waals surface area contributed by atoms with Crippen LogP contribution in [0.15, 0.2) is 36.9 Å². The number of carbonyl (C=O) groups excluding carboxylic acids is 1. The van der Waals surface area contributed by atoms with Crippen LogP contribution in [0.2, 0.25) is 0 Å². The van der Waals surface area contributed by atoms with Gasteiger partial charge in [-0.05, 0) is 25.0 Å². The topological polar surface area (TPSA) is 72.7 Å². The van der Waals surface area contributed by atoms with Gasteiger partial charge in [-0.15, -0.1) is 0 Å². The summed E-state index contributed by atoms with van der Waals surface area (Å²) < 4.78 is 5.08. The smallest absolute Gasteiger partial charge is 0.330 e. The number of anilines is 1. The largest absolute Gasteiger partial charge is 0.460 e. The number of nitro groups is 1. The second-order valence-corrected chi connectivity index (χ2v) is 4.60. The van der Waals surface area contributed by atoms with Gasteiger partial charge in [0.25, 0.3) is 5.69 Å². The maximum atomic E-state index is 11.1. The fourth-order valence-corrected chi connectivity index (χ4v) is 2.35. The lowest BCUT2D eigenvalue weighted by Gasteiger charge is -2.26. The van der Waals surface area contributed by atoms with Crippen molar-refractivity contribution in [3.8, 4) is 0 Å². The molecule has 1 aromatic rings. The van der Waals surface area contributed by atoms with E-state index in [1.165, 1.54) is 12.1 Å². The highest BCUT2D eigenvalue weighted by atomic mass is 16.6. The molecule has 6 nitrogen and oxygen atoms in total. The van der Waals surface area contributed by atoms with E-state index >= 15 is 0 Å². The fraction of sp³-hybridized carbons (Fsp3) is 0.357. The zero-order valence-corrected chi connectivity index (χ0v) is 11.0. The average molecular weight is 276 g/mol. The third-order valence-electron chi connectivity index (χ3n) is 3.35. The standard InChI is InChI=1S/C14H16N2O4/c1-2-14(17)20-10-13-4-3-9-15(13)11-5-7-12(8-6-11)16(18)19/h2,5-8,13H,1,3-4,9-10H2. The van der Waals surface area contributed by atoms with E-state index in [2.05, 4.69) is 11.5 Å². The van der Waals surface area contributed by atoms with Crippen LogP contribution in [0.3, 0.4) is 0 Å². The van der Waals surface area contributed by atoms with Crippen LogP contribution in [-0.4, -0.2) is 30.1 Å². The molecule has 0 N–H and O–H groups in total. The zero-order valence-electron chi connectivity index (χ0n) is 11.0. The van der Waals surface area contributed by atoms with Crippen LogP contribution in [0.25, 0.3) is 0 Å². The lowest BCUT2D eigenvalue weighted by Crippen LogP contribution is -2.33. The molecule has 20 heavy (non-hydrogen) atoms.